The molecule has 1 saturated heterocycles. The lowest BCUT2D eigenvalue weighted by Gasteiger charge is -2.29. The summed E-state index contributed by atoms with van der Waals surface area (Å²) in [5, 5.41) is 9.03. The molecule has 0 aliphatic carbocycles. The van der Waals surface area contributed by atoms with Gasteiger partial charge in [-0.15, -0.1) is 0 Å². The van der Waals surface area contributed by atoms with Crippen molar-refractivity contribution < 1.29 is 31.8 Å². The van der Waals surface area contributed by atoms with E-state index in [4.69, 9.17) is 9.84 Å². The summed E-state index contributed by atoms with van der Waals surface area (Å²) in [6.45, 7) is 0.639. The van der Waals surface area contributed by atoms with Crippen molar-refractivity contribution in [2.75, 3.05) is 19.3 Å². The van der Waals surface area contributed by atoms with Crippen molar-refractivity contribution in [3.8, 4) is 11.6 Å². The van der Waals surface area contributed by atoms with Crippen molar-refractivity contribution in [1.82, 2.24) is 24.4 Å². The summed E-state index contributed by atoms with van der Waals surface area (Å²) in [4.78, 5) is 23.8. The lowest BCUT2D eigenvalue weighted by Crippen LogP contribution is -2.41. The zero-order valence-electron chi connectivity index (χ0n) is 16.2. The molecule has 1 aliphatic rings. The number of halogens is 2. The van der Waals surface area contributed by atoms with Crippen molar-refractivity contribution >= 4 is 27.1 Å². The summed E-state index contributed by atoms with van der Waals surface area (Å²) in [6.07, 6.45) is 2.82. The second-order valence-electron chi connectivity index (χ2n) is 7.06. The molecule has 1 aliphatic heterocycles. The number of amides is 1. The molecule has 0 bridgehead atoms. The zero-order chi connectivity index (χ0) is 22.3. The lowest BCUT2D eigenvalue weighted by molar-refractivity contribution is 0.0878. The topological polar surface area (TPSA) is 128 Å². The molecule has 0 spiro atoms. The molecule has 0 atom stereocenters. The molecule has 3 aromatic rings. The van der Waals surface area contributed by atoms with Crippen molar-refractivity contribution in [3.05, 3.63) is 36.4 Å². The largest absolute Gasteiger partial charge is 0.473 e. The van der Waals surface area contributed by atoms with Gasteiger partial charge in [0.25, 0.3) is 0 Å². The summed E-state index contributed by atoms with van der Waals surface area (Å²) in [7, 11) is -3.94. The fourth-order valence-electron chi connectivity index (χ4n) is 3.39. The maximum absolute atomic E-state index is 14.6. The number of aromatic nitrogens is 4. The van der Waals surface area contributed by atoms with E-state index in [1.54, 1.807) is 0 Å². The molecule has 0 saturated carbocycles. The van der Waals surface area contributed by atoms with Crippen LogP contribution in [0.1, 0.15) is 12.8 Å². The van der Waals surface area contributed by atoms with Crippen molar-refractivity contribution in [3.63, 3.8) is 0 Å². The third kappa shape index (κ3) is 4.00. The van der Waals surface area contributed by atoms with Crippen molar-refractivity contribution in [2.45, 2.75) is 23.8 Å². The molecule has 10 nitrogen and oxygen atoms in total. The van der Waals surface area contributed by atoms with Crippen molar-refractivity contribution in [2.24, 2.45) is 0 Å². The number of carbonyl (C=O) groups is 1. The van der Waals surface area contributed by atoms with Crippen LogP contribution < -0.4 is 4.74 Å². The van der Waals surface area contributed by atoms with E-state index in [2.05, 4.69) is 15.0 Å². The average Bonchev–Trinajstić information content (AvgIpc) is 3.14. The fourth-order valence-corrected chi connectivity index (χ4v) is 4.12. The highest BCUT2D eigenvalue weighted by atomic mass is 32.2. The Hall–Kier alpha value is -3.35. The third-order valence-corrected chi connectivity index (χ3v) is 6.06. The van der Waals surface area contributed by atoms with Gasteiger partial charge in [-0.3, -0.25) is 4.57 Å². The molecule has 1 N–H and O–H groups in total. The Balaban J connectivity index is 1.66. The molecule has 0 radical (unpaired) electrons. The second-order valence-corrected chi connectivity index (χ2v) is 9.04. The van der Waals surface area contributed by atoms with E-state index in [0.29, 0.717) is 32.0 Å². The van der Waals surface area contributed by atoms with Gasteiger partial charge in [0.05, 0.1) is 5.69 Å². The molecule has 13 heteroatoms. The Kier molecular flexibility index (Phi) is 5.21. The molecule has 1 amide bonds. The van der Waals surface area contributed by atoms with E-state index in [9.17, 15) is 22.0 Å². The summed E-state index contributed by atoms with van der Waals surface area (Å²) in [5.41, 5.74) is 0.0698. The van der Waals surface area contributed by atoms with Gasteiger partial charge in [-0.2, -0.15) is 4.98 Å². The number of piperidine rings is 1. The van der Waals surface area contributed by atoms with E-state index < -0.39 is 32.5 Å². The smallest absolute Gasteiger partial charge is 0.407 e. The first-order valence-electron chi connectivity index (χ1n) is 9.17. The lowest BCUT2D eigenvalue weighted by atomic mass is 10.1. The maximum Gasteiger partial charge on any atom is 0.407 e. The van der Waals surface area contributed by atoms with Gasteiger partial charge in [-0.05, 0) is 6.07 Å². The monoisotopic (exact) mass is 453 g/mol. The van der Waals surface area contributed by atoms with Gasteiger partial charge in [0.15, 0.2) is 21.0 Å². The number of ether oxygens (including phenoxy) is 1. The Morgan fingerprint density at radius 1 is 1.16 bits per heavy atom. The average molecular weight is 453 g/mol. The predicted octanol–water partition coefficient (Wildman–Crippen LogP) is 2.02. The minimum atomic E-state index is -3.94. The summed E-state index contributed by atoms with van der Waals surface area (Å²) in [5.74, 6) is -1.94. The van der Waals surface area contributed by atoms with Gasteiger partial charge < -0.3 is 14.7 Å². The van der Waals surface area contributed by atoms with Gasteiger partial charge in [0, 0.05) is 38.3 Å². The Morgan fingerprint density at radius 2 is 1.87 bits per heavy atom. The zero-order valence-corrected chi connectivity index (χ0v) is 17.0. The standard InChI is InChI=1S/C18H17F2N5O5S/c1-31(28,29)14-7-11(19)13(6-12(14)20)25-9-23-15-16(25)21-8-22-17(15)30-10-2-4-24(5-3-10)18(26)27/h6-10H,2-5H2,1H3,(H,26,27). The first-order chi connectivity index (χ1) is 14.6. The highest BCUT2D eigenvalue weighted by molar-refractivity contribution is 7.90. The maximum atomic E-state index is 14.6. The predicted molar refractivity (Wildman–Crippen MR) is 103 cm³/mol. The van der Waals surface area contributed by atoms with E-state index >= 15 is 0 Å². The second kappa shape index (κ2) is 7.72. The molecular weight excluding hydrogens is 436 g/mol. The molecule has 3 heterocycles. The number of fused-ring (bicyclic) bond motifs is 1. The Bertz CT molecular complexity index is 1270. The molecule has 0 unspecified atom stereocenters. The minimum Gasteiger partial charge on any atom is -0.473 e. The highest BCUT2D eigenvalue weighted by Gasteiger charge is 2.26. The van der Waals surface area contributed by atoms with Gasteiger partial charge in [0.1, 0.15) is 35.3 Å². The number of carboxylic acid groups (broad SMARTS) is 1. The first kappa shape index (κ1) is 20.9. The van der Waals surface area contributed by atoms with Crippen molar-refractivity contribution in [1.29, 1.82) is 0 Å². The van der Waals surface area contributed by atoms with Crippen LogP contribution in [0.25, 0.3) is 16.9 Å². The number of nitrogens with zero attached hydrogens (tertiary/aromatic N) is 5. The van der Waals surface area contributed by atoms with E-state index in [1.807, 2.05) is 0 Å². The third-order valence-electron chi connectivity index (χ3n) is 4.95. The number of hydrogen-bond donors (Lipinski definition) is 1. The summed E-state index contributed by atoms with van der Waals surface area (Å²) >= 11 is 0. The van der Waals surface area contributed by atoms with Crippen LogP contribution >= 0.6 is 0 Å². The number of sulfone groups is 1. The van der Waals surface area contributed by atoms with Gasteiger partial charge >= 0.3 is 6.09 Å². The van der Waals surface area contributed by atoms with Crippen LogP contribution in [-0.2, 0) is 9.84 Å². The van der Waals surface area contributed by atoms with E-state index in [0.717, 1.165) is 12.3 Å². The van der Waals surface area contributed by atoms with Gasteiger partial charge in [0.2, 0.25) is 5.88 Å². The Morgan fingerprint density at radius 3 is 2.52 bits per heavy atom. The normalized spacial score (nSPS) is 15.4. The number of hydrogen-bond acceptors (Lipinski definition) is 7. The van der Waals surface area contributed by atoms with Crippen LogP contribution in [0.5, 0.6) is 5.88 Å². The minimum absolute atomic E-state index is 0.131. The molecule has 164 valence electrons. The Labute approximate surface area is 175 Å². The molecule has 1 aromatic carbocycles. The van der Waals surface area contributed by atoms with Crippen LogP contribution in [0, 0.1) is 11.6 Å². The molecule has 4 rings (SSSR count). The molecule has 2 aromatic heterocycles. The SMILES string of the molecule is CS(=O)(=O)c1cc(F)c(-n2cnc3c(OC4CCN(C(=O)O)CC4)ncnc32)cc1F. The number of rotatable bonds is 4. The van der Waals surface area contributed by atoms with Crippen LogP contribution in [0.3, 0.4) is 0 Å². The van der Waals surface area contributed by atoms with Gasteiger partial charge in [-0.1, -0.05) is 0 Å². The fraction of sp³-hybridized carbons (Fsp3) is 0.333. The molecule has 1 fully saturated rings. The number of likely N-dealkylation sites (tertiary alicyclic amines) is 1. The number of imidazole rings is 1. The van der Waals surface area contributed by atoms with Gasteiger partial charge in [-0.25, -0.2) is 32.0 Å². The van der Waals surface area contributed by atoms with Crippen LogP contribution in [-0.4, -0.2) is 69.5 Å². The molecular formula is C18H17F2N5O5S. The highest BCUT2D eigenvalue weighted by Crippen LogP contribution is 2.28. The molecule has 31 heavy (non-hydrogen) atoms. The first-order valence-corrected chi connectivity index (χ1v) is 11.1. The van der Waals surface area contributed by atoms with Crippen LogP contribution in [0.15, 0.2) is 29.7 Å². The van der Waals surface area contributed by atoms with E-state index in [-0.39, 0.29) is 28.8 Å². The van der Waals surface area contributed by atoms with Crippen LogP contribution in [0.2, 0.25) is 0 Å². The quantitative estimate of drug-likeness (QED) is 0.636. The van der Waals surface area contributed by atoms with E-state index in [1.165, 1.54) is 22.1 Å². The van der Waals surface area contributed by atoms with Crippen LogP contribution in [0.4, 0.5) is 13.6 Å². The summed E-state index contributed by atoms with van der Waals surface area (Å²) < 4.78 is 59.2. The number of benzene rings is 1. The summed E-state index contributed by atoms with van der Waals surface area (Å²) in [6, 6.07) is 1.37.